The fourth-order valence-electron chi connectivity index (χ4n) is 1.70. The maximum absolute atomic E-state index is 11.9. The quantitative estimate of drug-likeness (QED) is 0.707. The molecule has 1 aromatic carbocycles. The van der Waals surface area contributed by atoms with Crippen molar-refractivity contribution >= 4 is 17.9 Å². The molecule has 4 N–H and O–H groups in total. The van der Waals surface area contributed by atoms with Crippen LogP contribution >= 0.6 is 0 Å². The van der Waals surface area contributed by atoms with Crippen molar-refractivity contribution in [3.8, 4) is 0 Å². The summed E-state index contributed by atoms with van der Waals surface area (Å²) in [7, 11) is 1.54. The van der Waals surface area contributed by atoms with Crippen molar-refractivity contribution < 1.29 is 19.5 Å². The van der Waals surface area contributed by atoms with Gasteiger partial charge in [0, 0.05) is 13.6 Å². The molecule has 0 aliphatic heterocycles. The summed E-state index contributed by atoms with van der Waals surface area (Å²) < 4.78 is 0. The fourth-order valence-corrected chi connectivity index (χ4v) is 1.70. The lowest BCUT2D eigenvalue weighted by molar-refractivity contribution is -0.140. The Bertz CT molecular complexity index is 528. The molecule has 0 spiro atoms. The molecule has 0 aromatic heterocycles. The summed E-state index contributed by atoms with van der Waals surface area (Å²) >= 11 is 0. The van der Waals surface area contributed by atoms with Gasteiger partial charge in [-0.3, -0.25) is 4.79 Å². The molecule has 1 aromatic rings. The lowest BCUT2D eigenvalue weighted by atomic mass is 10.1. The molecule has 0 unspecified atom stereocenters. The maximum atomic E-state index is 11.9. The van der Waals surface area contributed by atoms with Crippen LogP contribution in [0.2, 0.25) is 0 Å². The van der Waals surface area contributed by atoms with Crippen LogP contribution in [0.1, 0.15) is 17.5 Å². The molecule has 21 heavy (non-hydrogen) atoms. The van der Waals surface area contributed by atoms with Crippen molar-refractivity contribution in [2.24, 2.45) is 5.73 Å². The Morgan fingerprint density at radius 3 is 2.33 bits per heavy atom. The molecule has 0 aliphatic carbocycles. The highest BCUT2D eigenvalue weighted by atomic mass is 16.4. The van der Waals surface area contributed by atoms with Crippen LogP contribution in [0, 0.1) is 6.92 Å². The number of rotatable bonds is 6. The third kappa shape index (κ3) is 5.52. The van der Waals surface area contributed by atoms with Crippen molar-refractivity contribution in [3.05, 3.63) is 35.4 Å². The van der Waals surface area contributed by atoms with Gasteiger partial charge in [0.1, 0.15) is 6.04 Å². The summed E-state index contributed by atoms with van der Waals surface area (Å²) in [5, 5.41) is 11.2. The number of primary amides is 1. The van der Waals surface area contributed by atoms with E-state index < -0.39 is 30.4 Å². The number of aliphatic carboxylic acids is 1. The molecule has 0 radical (unpaired) electrons. The lowest BCUT2D eigenvalue weighted by Gasteiger charge is -2.21. The van der Waals surface area contributed by atoms with E-state index in [4.69, 9.17) is 10.8 Å². The minimum absolute atomic E-state index is 0.328. The maximum Gasteiger partial charge on any atom is 0.326 e. The molecule has 1 atom stereocenters. The van der Waals surface area contributed by atoms with Gasteiger partial charge in [0.05, 0.1) is 6.42 Å². The highest BCUT2D eigenvalue weighted by Crippen LogP contribution is 2.06. The molecule has 3 amide bonds. The van der Waals surface area contributed by atoms with Gasteiger partial charge < -0.3 is 21.1 Å². The number of nitrogens with two attached hydrogens (primary N) is 1. The second-order valence-electron chi connectivity index (χ2n) is 4.85. The van der Waals surface area contributed by atoms with Crippen molar-refractivity contribution in [3.63, 3.8) is 0 Å². The topological polar surface area (TPSA) is 113 Å². The van der Waals surface area contributed by atoms with Crippen LogP contribution in [0.25, 0.3) is 0 Å². The standard InChI is InChI=1S/C14H19N3O4/c1-9-3-5-10(6-4-9)8-17(2)14(21)16-11(13(19)20)7-12(15)18/h3-6,11H,7-8H2,1-2H3,(H2,15,18)(H,16,21)(H,19,20)/t11-/m1/s1. The number of carbonyl (C=O) groups excluding carboxylic acids is 2. The van der Waals surface area contributed by atoms with Gasteiger partial charge in [-0.1, -0.05) is 29.8 Å². The number of nitrogens with zero attached hydrogens (tertiary/aromatic N) is 1. The van der Waals surface area contributed by atoms with E-state index in [0.29, 0.717) is 6.54 Å². The number of carboxylic acids is 1. The summed E-state index contributed by atoms with van der Waals surface area (Å²) in [5.74, 6) is -2.09. The molecule has 0 fully saturated rings. The predicted octanol–water partition coefficient (Wildman–Crippen LogP) is 0.465. The van der Waals surface area contributed by atoms with Crippen LogP contribution in [0.3, 0.4) is 0 Å². The average Bonchev–Trinajstić information content (AvgIpc) is 2.39. The number of aryl methyl sites for hydroxylation is 1. The van der Waals surface area contributed by atoms with E-state index in [1.807, 2.05) is 31.2 Å². The van der Waals surface area contributed by atoms with Crippen molar-refractivity contribution in [2.45, 2.75) is 25.9 Å². The van der Waals surface area contributed by atoms with E-state index in [2.05, 4.69) is 5.32 Å². The number of carboxylic acid groups (broad SMARTS) is 1. The Hall–Kier alpha value is -2.57. The summed E-state index contributed by atoms with van der Waals surface area (Å²) in [5.41, 5.74) is 6.98. The molecule has 0 bridgehead atoms. The SMILES string of the molecule is Cc1ccc(CN(C)C(=O)N[C@H](CC(N)=O)C(=O)O)cc1. The number of carbonyl (C=O) groups is 3. The lowest BCUT2D eigenvalue weighted by Crippen LogP contribution is -2.48. The Labute approximate surface area is 122 Å². The number of urea groups is 1. The zero-order chi connectivity index (χ0) is 16.0. The first kappa shape index (κ1) is 16.5. The average molecular weight is 293 g/mol. The van der Waals surface area contributed by atoms with E-state index in [1.54, 1.807) is 7.05 Å². The third-order valence-corrected chi connectivity index (χ3v) is 2.89. The van der Waals surface area contributed by atoms with Gasteiger partial charge in [0.2, 0.25) is 5.91 Å². The van der Waals surface area contributed by atoms with Gasteiger partial charge >= 0.3 is 12.0 Å². The second-order valence-corrected chi connectivity index (χ2v) is 4.85. The molecule has 0 aliphatic rings. The van der Waals surface area contributed by atoms with Gasteiger partial charge in [0.25, 0.3) is 0 Å². The zero-order valence-electron chi connectivity index (χ0n) is 12.0. The van der Waals surface area contributed by atoms with E-state index in [0.717, 1.165) is 11.1 Å². The van der Waals surface area contributed by atoms with E-state index in [9.17, 15) is 14.4 Å². The van der Waals surface area contributed by atoms with Crippen LogP contribution in [0.15, 0.2) is 24.3 Å². The molecule has 7 nitrogen and oxygen atoms in total. The predicted molar refractivity (Wildman–Crippen MR) is 76.4 cm³/mol. The van der Waals surface area contributed by atoms with Gasteiger partial charge in [-0.05, 0) is 12.5 Å². The monoisotopic (exact) mass is 293 g/mol. The van der Waals surface area contributed by atoms with Gasteiger partial charge in [-0.2, -0.15) is 0 Å². The normalized spacial score (nSPS) is 11.5. The van der Waals surface area contributed by atoms with E-state index >= 15 is 0 Å². The Balaban J connectivity index is 2.62. The third-order valence-electron chi connectivity index (χ3n) is 2.89. The molecule has 7 heteroatoms. The van der Waals surface area contributed by atoms with Gasteiger partial charge in [-0.15, -0.1) is 0 Å². The number of amides is 3. The molecule has 0 saturated heterocycles. The summed E-state index contributed by atoms with van der Waals surface area (Å²) in [6, 6.07) is 5.72. The van der Waals surface area contributed by atoms with E-state index in [1.165, 1.54) is 4.90 Å². The smallest absolute Gasteiger partial charge is 0.326 e. The van der Waals surface area contributed by atoms with E-state index in [-0.39, 0.29) is 0 Å². The van der Waals surface area contributed by atoms with Crippen LogP contribution in [0.5, 0.6) is 0 Å². The number of hydrogen-bond donors (Lipinski definition) is 3. The molecule has 114 valence electrons. The summed E-state index contributed by atoms with van der Waals surface area (Å²) in [6.07, 6.45) is -0.445. The molecule has 0 saturated carbocycles. The number of nitrogens with one attached hydrogen (secondary N) is 1. The first-order valence-corrected chi connectivity index (χ1v) is 6.38. The minimum Gasteiger partial charge on any atom is -0.480 e. The second kappa shape index (κ2) is 7.28. The Morgan fingerprint density at radius 2 is 1.86 bits per heavy atom. The van der Waals surface area contributed by atoms with Crippen LogP contribution < -0.4 is 11.1 Å². The largest absolute Gasteiger partial charge is 0.480 e. The molecular formula is C14H19N3O4. The van der Waals surface area contributed by atoms with Crippen molar-refractivity contribution in [1.82, 2.24) is 10.2 Å². The molecular weight excluding hydrogens is 274 g/mol. The first-order valence-electron chi connectivity index (χ1n) is 6.38. The minimum atomic E-state index is -1.32. The molecule has 0 heterocycles. The Morgan fingerprint density at radius 1 is 1.29 bits per heavy atom. The van der Waals surface area contributed by atoms with Crippen molar-refractivity contribution in [2.75, 3.05) is 7.05 Å². The van der Waals surface area contributed by atoms with Crippen molar-refractivity contribution in [1.29, 1.82) is 0 Å². The number of hydrogen-bond acceptors (Lipinski definition) is 3. The van der Waals surface area contributed by atoms with Crippen LogP contribution in [-0.2, 0) is 16.1 Å². The fraction of sp³-hybridized carbons (Fsp3) is 0.357. The van der Waals surface area contributed by atoms with Crippen LogP contribution in [-0.4, -0.2) is 41.0 Å². The highest BCUT2D eigenvalue weighted by molar-refractivity contribution is 5.87. The van der Waals surface area contributed by atoms with Crippen LogP contribution in [0.4, 0.5) is 4.79 Å². The molecule has 1 rings (SSSR count). The van der Waals surface area contributed by atoms with Gasteiger partial charge in [-0.25, -0.2) is 9.59 Å². The van der Waals surface area contributed by atoms with Gasteiger partial charge in [0.15, 0.2) is 0 Å². The number of benzene rings is 1. The zero-order valence-corrected chi connectivity index (χ0v) is 12.0. The highest BCUT2D eigenvalue weighted by Gasteiger charge is 2.23. The summed E-state index contributed by atoms with van der Waals surface area (Å²) in [6.45, 7) is 2.29. The Kier molecular flexibility index (Phi) is 5.71. The summed E-state index contributed by atoms with van der Waals surface area (Å²) in [4.78, 5) is 35.0. The first-order chi connectivity index (χ1) is 9.79.